The lowest BCUT2D eigenvalue weighted by molar-refractivity contribution is -0.123. The molecule has 2 aromatic rings. The molecule has 0 spiro atoms. The molecule has 1 heterocycles. The molecule has 0 bridgehead atoms. The van der Waals surface area contributed by atoms with Gasteiger partial charge in [-0.1, -0.05) is 30.7 Å². The third-order valence-electron chi connectivity index (χ3n) is 3.58. The zero-order valence-corrected chi connectivity index (χ0v) is 13.1. The van der Waals surface area contributed by atoms with Crippen LogP contribution in [0.5, 0.6) is 0 Å². The number of furan rings is 1. The summed E-state index contributed by atoms with van der Waals surface area (Å²) in [6.07, 6.45) is 3.07. The van der Waals surface area contributed by atoms with E-state index in [-0.39, 0.29) is 17.9 Å². The van der Waals surface area contributed by atoms with Crippen molar-refractivity contribution in [3.05, 3.63) is 59.0 Å². The maximum absolute atomic E-state index is 12.5. The second-order valence-corrected chi connectivity index (χ2v) is 5.64. The molecule has 21 heavy (non-hydrogen) atoms. The molecule has 1 aromatic heterocycles. The first-order chi connectivity index (χ1) is 10.1. The van der Waals surface area contributed by atoms with Crippen molar-refractivity contribution in [1.82, 2.24) is 5.32 Å². The fourth-order valence-corrected chi connectivity index (χ4v) is 2.26. The number of hydrogen-bond donors (Lipinski definition) is 1. The van der Waals surface area contributed by atoms with E-state index in [1.165, 1.54) is 0 Å². The SMILES string of the molecule is CCC(C)NC(=O)C(Cc1ccco1)c1ccc(Cl)cc1. The van der Waals surface area contributed by atoms with Crippen LogP contribution in [0.4, 0.5) is 0 Å². The average Bonchev–Trinajstić information content (AvgIpc) is 2.98. The minimum absolute atomic E-state index is 0.0167. The molecule has 0 aliphatic heterocycles. The van der Waals surface area contributed by atoms with E-state index < -0.39 is 0 Å². The predicted octanol–water partition coefficient (Wildman–Crippen LogP) is 4.17. The summed E-state index contributed by atoms with van der Waals surface area (Å²) in [7, 11) is 0. The third-order valence-corrected chi connectivity index (χ3v) is 3.83. The number of rotatable bonds is 6. The predicted molar refractivity (Wildman–Crippen MR) is 84.5 cm³/mol. The average molecular weight is 306 g/mol. The first-order valence-corrected chi connectivity index (χ1v) is 7.56. The number of benzene rings is 1. The molecule has 0 fully saturated rings. The fraction of sp³-hybridized carbons (Fsp3) is 0.353. The lowest BCUT2D eigenvalue weighted by Crippen LogP contribution is -2.36. The Balaban J connectivity index is 2.21. The van der Waals surface area contributed by atoms with Crippen LogP contribution in [0.1, 0.15) is 37.5 Å². The summed E-state index contributed by atoms with van der Waals surface area (Å²) >= 11 is 5.93. The van der Waals surface area contributed by atoms with Crippen molar-refractivity contribution in [2.75, 3.05) is 0 Å². The van der Waals surface area contributed by atoms with Gasteiger partial charge in [0.15, 0.2) is 0 Å². The van der Waals surface area contributed by atoms with Crippen molar-refractivity contribution in [3.63, 3.8) is 0 Å². The van der Waals surface area contributed by atoms with E-state index in [9.17, 15) is 4.79 Å². The Bertz CT molecular complexity index is 563. The van der Waals surface area contributed by atoms with E-state index in [4.69, 9.17) is 16.0 Å². The van der Waals surface area contributed by atoms with Crippen LogP contribution in [0.15, 0.2) is 47.1 Å². The van der Waals surface area contributed by atoms with Gasteiger partial charge in [-0.05, 0) is 43.2 Å². The largest absolute Gasteiger partial charge is 0.469 e. The van der Waals surface area contributed by atoms with Gasteiger partial charge in [-0.15, -0.1) is 0 Å². The standard InChI is InChI=1S/C17H20ClNO2/c1-3-12(2)19-17(20)16(11-15-5-4-10-21-15)13-6-8-14(18)9-7-13/h4-10,12,16H,3,11H2,1-2H3,(H,19,20). The number of carbonyl (C=O) groups excluding carboxylic acids is 1. The molecule has 0 saturated heterocycles. The Morgan fingerprint density at radius 1 is 1.29 bits per heavy atom. The van der Waals surface area contributed by atoms with Crippen LogP contribution in [0.3, 0.4) is 0 Å². The van der Waals surface area contributed by atoms with Crippen LogP contribution >= 0.6 is 11.6 Å². The highest BCUT2D eigenvalue weighted by molar-refractivity contribution is 6.30. The molecule has 1 aromatic carbocycles. The topological polar surface area (TPSA) is 42.2 Å². The summed E-state index contributed by atoms with van der Waals surface area (Å²) in [5.74, 6) is 0.541. The van der Waals surface area contributed by atoms with E-state index in [2.05, 4.69) is 12.2 Å². The van der Waals surface area contributed by atoms with E-state index in [0.29, 0.717) is 11.4 Å². The normalized spacial score (nSPS) is 13.7. The van der Waals surface area contributed by atoms with Gasteiger partial charge in [0.1, 0.15) is 5.76 Å². The molecule has 3 nitrogen and oxygen atoms in total. The van der Waals surface area contributed by atoms with Crippen LogP contribution in [-0.2, 0) is 11.2 Å². The first-order valence-electron chi connectivity index (χ1n) is 7.18. The summed E-state index contributed by atoms with van der Waals surface area (Å²) in [5.41, 5.74) is 0.941. The molecule has 112 valence electrons. The van der Waals surface area contributed by atoms with Crippen LogP contribution in [0.2, 0.25) is 5.02 Å². The van der Waals surface area contributed by atoms with Crippen molar-refractivity contribution >= 4 is 17.5 Å². The molecule has 1 N–H and O–H groups in total. The Labute approximate surface area is 130 Å². The summed E-state index contributed by atoms with van der Waals surface area (Å²) < 4.78 is 5.38. The number of hydrogen-bond acceptors (Lipinski definition) is 2. The Hall–Kier alpha value is -1.74. The van der Waals surface area contributed by atoms with Gasteiger partial charge >= 0.3 is 0 Å². The second kappa shape index (κ2) is 7.32. The highest BCUT2D eigenvalue weighted by atomic mass is 35.5. The molecule has 0 saturated carbocycles. The quantitative estimate of drug-likeness (QED) is 0.870. The van der Waals surface area contributed by atoms with Gasteiger partial charge in [-0.2, -0.15) is 0 Å². The Morgan fingerprint density at radius 2 is 2.00 bits per heavy atom. The van der Waals surface area contributed by atoms with Crippen LogP contribution < -0.4 is 5.32 Å². The van der Waals surface area contributed by atoms with Crippen LogP contribution in [0, 0.1) is 0 Å². The summed E-state index contributed by atoms with van der Waals surface area (Å²) in [5, 5.41) is 3.71. The van der Waals surface area contributed by atoms with Crippen molar-refractivity contribution in [3.8, 4) is 0 Å². The molecular formula is C17H20ClNO2. The van der Waals surface area contributed by atoms with E-state index >= 15 is 0 Å². The molecule has 2 rings (SSSR count). The van der Waals surface area contributed by atoms with Crippen molar-refractivity contribution in [2.45, 2.75) is 38.6 Å². The molecule has 2 atom stereocenters. The molecule has 1 amide bonds. The Morgan fingerprint density at radius 3 is 2.57 bits per heavy atom. The summed E-state index contributed by atoms with van der Waals surface area (Å²) in [4.78, 5) is 12.5. The highest BCUT2D eigenvalue weighted by Gasteiger charge is 2.23. The molecule has 0 radical (unpaired) electrons. The molecular weight excluding hydrogens is 286 g/mol. The van der Waals surface area contributed by atoms with Gasteiger partial charge < -0.3 is 9.73 Å². The van der Waals surface area contributed by atoms with Crippen molar-refractivity contribution in [1.29, 1.82) is 0 Å². The fourth-order valence-electron chi connectivity index (χ4n) is 2.13. The molecule has 4 heteroatoms. The van der Waals surface area contributed by atoms with Crippen molar-refractivity contribution in [2.24, 2.45) is 0 Å². The molecule has 0 aliphatic rings. The summed E-state index contributed by atoms with van der Waals surface area (Å²) in [6.45, 7) is 4.05. The maximum atomic E-state index is 12.5. The monoisotopic (exact) mass is 305 g/mol. The molecule has 0 aliphatic carbocycles. The first kappa shape index (κ1) is 15.6. The van der Waals surface area contributed by atoms with Gasteiger partial charge in [-0.25, -0.2) is 0 Å². The summed E-state index contributed by atoms with van der Waals surface area (Å²) in [6, 6.07) is 11.3. The minimum Gasteiger partial charge on any atom is -0.469 e. The smallest absolute Gasteiger partial charge is 0.228 e. The van der Waals surface area contributed by atoms with Gasteiger partial charge in [0.2, 0.25) is 5.91 Å². The van der Waals surface area contributed by atoms with Crippen LogP contribution in [0.25, 0.3) is 0 Å². The molecule has 2 unspecified atom stereocenters. The van der Waals surface area contributed by atoms with Gasteiger partial charge in [0.25, 0.3) is 0 Å². The van der Waals surface area contributed by atoms with Gasteiger partial charge in [-0.3, -0.25) is 4.79 Å². The van der Waals surface area contributed by atoms with Gasteiger partial charge in [0, 0.05) is 17.5 Å². The third kappa shape index (κ3) is 4.36. The highest BCUT2D eigenvalue weighted by Crippen LogP contribution is 2.23. The lowest BCUT2D eigenvalue weighted by Gasteiger charge is -2.19. The zero-order chi connectivity index (χ0) is 15.2. The zero-order valence-electron chi connectivity index (χ0n) is 12.3. The van der Waals surface area contributed by atoms with Gasteiger partial charge in [0.05, 0.1) is 12.2 Å². The number of amides is 1. The van der Waals surface area contributed by atoms with E-state index in [1.54, 1.807) is 6.26 Å². The minimum atomic E-state index is -0.276. The number of carbonyl (C=O) groups is 1. The maximum Gasteiger partial charge on any atom is 0.228 e. The Kier molecular flexibility index (Phi) is 5.45. The van der Waals surface area contributed by atoms with E-state index in [1.807, 2.05) is 43.3 Å². The number of nitrogens with one attached hydrogen (secondary N) is 1. The van der Waals surface area contributed by atoms with E-state index in [0.717, 1.165) is 17.7 Å². The second-order valence-electron chi connectivity index (χ2n) is 5.21. The number of halogens is 1. The lowest BCUT2D eigenvalue weighted by atomic mass is 9.93. The van der Waals surface area contributed by atoms with Crippen molar-refractivity contribution < 1.29 is 9.21 Å². The van der Waals surface area contributed by atoms with Crippen LogP contribution in [-0.4, -0.2) is 11.9 Å².